The van der Waals surface area contributed by atoms with E-state index in [1.807, 2.05) is 0 Å². The Hall–Kier alpha value is -3.10. The zero-order chi connectivity index (χ0) is 23.5. The lowest BCUT2D eigenvalue weighted by molar-refractivity contribution is -0.0583. The Morgan fingerprint density at radius 2 is 1.59 bits per heavy atom. The summed E-state index contributed by atoms with van der Waals surface area (Å²) >= 11 is 6.15. The molecule has 3 aromatic rings. The summed E-state index contributed by atoms with van der Waals surface area (Å²) in [5.41, 5.74) is 0.398. The minimum atomic E-state index is -4.82. The SMILES string of the molecule is CS(=O)(=O)c1cccc(-c2cccc(/C(=C/C(=N)C(F)(F)F)Nc3ccccc3Cl)c2)c1. The Labute approximate surface area is 188 Å². The van der Waals surface area contributed by atoms with Crippen LogP contribution in [0.2, 0.25) is 5.02 Å². The van der Waals surface area contributed by atoms with E-state index in [-0.39, 0.29) is 10.6 Å². The fraction of sp³-hybridized carbons (Fsp3) is 0.0870. The molecule has 9 heteroatoms. The van der Waals surface area contributed by atoms with E-state index >= 15 is 0 Å². The number of rotatable bonds is 6. The highest BCUT2D eigenvalue weighted by molar-refractivity contribution is 7.90. The van der Waals surface area contributed by atoms with Gasteiger partial charge in [0.05, 0.1) is 15.6 Å². The minimum Gasteiger partial charge on any atom is -0.354 e. The second-order valence-electron chi connectivity index (χ2n) is 6.96. The second kappa shape index (κ2) is 9.18. The van der Waals surface area contributed by atoms with Crippen LogP contribution < -0.4 is 5.32 Å². The van der Waals surface area contributed by atoms with Crippen LogP contribution in [-0.4, -0.2) is 26.6 Å². The first-order valence-electron chi connectivity index (χ1n) is 9.25. The predicted octanol–water partition coefficient (Wildman–Crippen LogP) is 6.45. The van der Waals surface area contributed by atoms with Crippen molar-refractivity contribution in [1.82, 2.24) is 0 Å². The van der Waals surface area contributed by atoms with Gasteiger partial charge in [-0.2, -0.15) is 13.2 Å². The van der Waals surface area contributed by atoms with E-state index in [1.54, 1.807) is 60.7 Å². The van der Waals surface area contributed by atoms with Gasteiger partial charge >= 0.3 is 6.18 Å². The number of halogens is 4. The van der Waals surface area contributed by atoms with Crippen LogP contribution in [0, 0.1) is 5.41 Å². The maximum atomic E-state index is 13.1. The molecule has 0 bridgehead atoms. The Morgan fingerprint density at radius 3 is 2.22 bits per heavy atom. The van der Waals surface area contributed by atoms with Crippen LogP contribution in [0.15, 0.2) is 83.8 Å². The van der Waals surface area contributed by atoms with Gasteiger partial charge in [-0.05, 0) is 53.1 Å². The van der Waals surface area contributed by atoms with Crippen molar-refractivity contribution in [3.63, 3.8) is 0 Å². The maximum absolute atomic E-state index is 13.1. The van der Waals surface area contributed by atoms with Gasteiger partial charge < -0.3 is 5.32 Å². The second-order valence-corrected chi connectivity index (χ2v) is 9.38. The van der Waals surface area contributed by atoms with Crippen molar-refractivity contribution < 1.29 is 21.6 Å². The molecule has 0 atom stereocenters. The fourth-order valence-corrected chi connectivity index (χ4v) is 3.75. The van der Waals surface area contributed by atoms with Crippen molar-refractivity contribution in [2.45, 2.75) is 11.1 Å². The van der Waals surface area contributed by atoms with E-state index in [0.717, 1.165) is 6.26 Å². The van der Waals surface area contributed by atoms with Crippen molar-refractivity contribution in [2.75, 3.05) is 11.6 Å². The van der Waals surface area contributed by atoms with Gasteiger partial charge in [-0.25, -0.2) is 8.42 Å². The lowest BCUT2D eigenvalue weighted by Gasteiger charge is -2.15. The number of anilines is 1. The van der Waals surface area contributed by atoms with Crippen LogP contribution in [-0.2, 0) is 9.84 Å². The van der Waals surface area contributed by atoms with E-state index < -0.39 is 21.7 Å². The summed E-state index contributed by atoms with van der Waals surface area (Å²) in [5.74, 6) is 0. The first kappa shape index (κ1) is 23.6. The molecule has 3 aromatic carbocycles. The highest BCUT2D eigenvalue weighted by Gasteiger charge is 2.33. The molecule has 0 saturated carbocycles. The number of hydrogen-bond acceptors (Lipinski definition) is 4. The van der Waals surface area contributed by atoms with Crippen molar-refractivity contribution in [2.24, 2.45) is 0 Å². The van der Waals surface area contributed by atoms with Crippen LogP contribution in [0.25, 0.3) is 16.8 Å². The molecule has 0 aliphatic rings. The third-order valence-corrected chi connectivity index (χ3v) is 5.95. The Bertz CT molecular complexity index is 1300. The van der Waals surface area contributed by atoms with Crippen LogP contribution in [0.3, 0.4) is 0 Å². The van der Waals surface area contributed by atoms with Crippen molar-refractivity contribution >= 4 is 38.5 Å². The number of allylic oxidation sites excluding steroid dienone is 1. The van der Waals surface area contributed by atoms with E-state index in [0.29, 0.717) is 33.5 Å². The molecule has 0 aliphatic heterocycles. The first-order valence-corrected chi connectivity index (χ1v) is 11.5. The summed E-state index contributed by atoms with van der Waals surface area (Å²) < 4.78 is 63.0. The number of para-hydroxylation sites is 1. The van der Waals surface area contributed by atoms with Gasteiger partial charge in [-0.1, -0.05) is 54.1 Å². The molecule has 2 N–H and O–H groups in total. The van der Waals surface area contributed by atoms with E-state index in [4.69, 9.17) is 17.0 Å². The van der Waals surface area contributed by atoms with Crippen molar-refractivity contribution in [3.05, 3.63) is 89.5 Å². The van der Waals surface area contributed by atoms with E-state index in [1.165, 1.54) is 12.1 Å². The average Bonchev–Trinajstić information content (AvgIpc) is 2.73. The fourth-order valence-electron chi connectivity index (χ4n) is 2.90. The molecule has 0 unspecified atom stereocenters. The summed E-state index contributed by atoms with van der Waals surface area (Å²) in [5, 5.41) is 10.6. The van der Waals surface area contributed by atoms with Crippen molar-refractivity contribution in [1.29, 1.82) is 5.41 Å². The number of nitrogens with one attached hydrogen (secondary N) is 2. The Kier molecular flexibility index (Phi) is 6.76. The van der Waals surface area contributed by atoms with Crippen LogP contribution in [0.4, 0.5) is 18.9 Å². The van der Waals surface area contributed by atoms with Gasteiger partial charge in [-0.3, -0.25) is 5.41 Å². The number of sulfone groups is 1. The highest BCUT2D eigenvalue weighted by atomic mass is 35.5. The number of alkyl halides is 3. The molecule has 0 fully saturated rings. The number of benzene rings is 3. The molecule has 166 valence electrons. The molecule has 0 heterocycles. The molecule has 0 spiro atoms. The molecule has 0 radical (unpaired) electrons. The molecular formula is C23H18ClF3N2O2S. The summed E-state index contributed by atoms with van der Waals surface area (Å²) in [6.45, 7) is 0. The summed E-state index contributed by atoms with van der Waals surface area (Å²) in [7, 11) is -3.43. The summed E-state index contributed by atoms with van der Waals surface area (Å²) in [6.07, 6.45) is -3.04. The molecule has 0 aliphatic carbocycles. The Balaban J connectivity index is 2.09. The van der Waals surface area contributed by atoms with E-state index in [2.05, 4.69) is 5.32 Å². The van der Waals surface area contributed by atoms with Gasteiger partial charge in [0.1, 0.15) is 5.71 Å². The quantitative estimate of drug-likeness (QED) is 0.400. The van der Waals surface area contributed by atoms with Crippen molar-refractivity contribution in [3.8, 4) is 11.1 Å². The summed E-state index contributed by atoms with van der Waals surface area (Å²) in [4.78, 5) is 0.129. The van der Waals surface area contributed by atoms with Gasteiger partial charge in [-0.15, -0.1) is 0 Å². The molecule has 3 rings (SSSR count). The topological polar surface area (TPSA) is 70.0 Å². The minimum absolute atomic E-state index is 0.0153. The first-order chi connectivity index (χ1) is 14.9. The smallest absolute Gasteiger partial charge is 0.354 e. The van der Waals surface area contributed by atoms with Crippen LogP contribution in [0.1, 0.15) is 5.56 Å². The lowest BCUT2D eigenvalue weighted by Crippen LogP contribution is -2.20. The van der Waals surface area contributed by atoms with Crippen LogP contribution in [0.5, 0.6) is 0 Å². The normalized spacial score (nSPS) is 12.5. The molecule has 32 heavy (non-hydrogen) atoms. The molecule has 4 nitrogen and oxygen atoms in total. The zero-order valence-corrected chi connectivity index (χ0v) is 18.3. The predicted molar refractivity (Wildman–Crippen MR) is 122 cm³/mol. The lowest BCUT2D eigenvalue weighted by atomic mass is 10.0. The Morgan fingerprint density at radius 1 is 0.969 bits per heavy atom. The van der Waals surface area contributed by atoms with Gasteiger partial charge in [0.15, 0.2) is 9.84 Å². The number of hydrogen-bond donors (Lipinski definition) is 2. The average molecular weight is 479 g/mol. The highest BCUT2D eigenvalue weighted by Crippen LogP contribution is 2.30. The molecule has 0 amide bonds. The van der Waals surface area contributed by atoms with Crippen LogP contribution >= 0.6 is 11.6 Å². The zero-order valence-electron chi connectivity index (χ0n) is 16.7. The van der Waals surface area contributed by atoms with Gasteiger partial charge in [0, 0.05) is 12.0 Å². The standard InChI is InChI=1S/C23H18ClF3N2O2S/c1-32(30,31)18-9-5-7-16(13-18)15-6-4-8-17(12-15)21(14-22(28)23(25,26)27)29-20-11-3-2-10-19(20)24/h2-14,28-29H,1H3/b21-14-,28-22?. The molecular weight excluding hydrogens is 461 g/mol. The molecule has 0 aromatic heterocycles. The van der Waals surface area contributed by atoms with Gasteiger partial charge in [0.25, 0.3) is 0 Å². The third kappa shape index (κ3) is 5.77. The maximum Gasteiger partial charge on any atom is 0.432 e. The summed E-state index contributed by atoms with van der Waals surface area (Å²) in [6, 6.07) is 19.4. The largest absolute Gasteiger partial charge is 0.432 e. The third-order valence-electron chi connectivity index (χ3n) is 4.51. The van der Waals surface area contributed by atoms with E-state index in [9.17, 15) is 21.6 Å². The molecule has 0 saturated heterocycles. The van der Waals surface area contributed by atoms with Gasteiger partial charge in [0.2, 0.25) is 0 Å². The monoisotopic (exact) mass is 478 g/mol.